The van der Waals surface area contributed by atoms with Gasteiger partial charge in [-0.25, -0.2) is 0 Å². The first-order valence-corrected chi connectivity index (χ1v) is 15.6. The van der Waals surface area contributed by atoms with Crippen molar-refractivity contribution >= 4 is 12.2 Å². The van der Waals surface area contributed by atoms with Crippen molar-refractivity contribution in [1.29, 1.82) is 0 Å². The fourth-order valence-corrected chi connectivity index (χ4v) is 8.93. The lowest BCUT2D eigenvalue weighted by atomic mass is 9.52. The normalized spacial score (nSPS) is 34.5. The molecule has 4 fully saturated rings. The highest BCUT2D eigenvalue weighted by molar-refractivity contribution is 5.69. The largest absolute Gasteiger partial charge is 0.349 e. The monoisotopic (exact) mass is 535 g/mol. The lowest BCUT2D eigenvalue weighted by Gasteiger charge is -2.55. The van der Waals surface area contributed by atoms with Crippen molar-refractivity contribution in [3.63, 3.8) is 0 Å². The van der Waals surface area contributed by atoms with Gasteiger partial charge in [0.1, 0.15) is 0 Å². The molecule has 210 valence electrons. The van der Waals surface area contributed by atoms with E-state index < -0.39 is 0 Å². The molecule has 5 unspecified atom stereocenters. The third kappa shape index (κ3) is 4.54. The van der Waals surface area contributed by atoms with Crippen molar-refractivity contribution in [3.8, 4) is 0 Å². The van der Waals surface area contributed by atoms with Crippen LogP contribution in [0.4, 0.5) is 0 Å². The maximum absolute atomic E-state index is 6.52. The summed E-state index contributed by atoms with van der Waals surface area (Å²) in [5.74, 6) is 2.16. The molecule has 3 nitrogen and oxygen atoms in total. The van der Waals surface area contributed by atoms with Gasteiger partial charge in [0.05, 0.1) is 13.2 Å². The van der Waals surface area contributed by atoms with Crippen molar-refractivity contribution in [2.24, 2.45) is 28.6 Å². The van der Waals surface area contributed by atoms with Crippen LogP contribution < -0.4 is 0 Å². The van der Waals surface area contributed by atoms with Crippen LogP contribution in [0.1, 0.15) is 94.7 Å². The van der Waals surface area contributed by atoms with Gasteiger partial charge in [0.25, 0.3) is 0 Å². The topological polar surface area (TPSA) is 31.4 Å². The quantitative estimate of drug-likeness (QED) is 0.368. The molecular weight excluding hydrogens is 490 g/mol. The number of benzene rings is 1. The Morgan fingerprint density at radius 1 is 0.900 bits per heavy atom. The highest BCUT2D eigenvalue weighted by Gasteiger charge is 2.56. The number of hydrogen-bond acceptors (Lipinski definition) is 3. The van der Waals surface area contributed by atoms with Crippen molar-refractivity contribution in [2.45, 2.75) is 83.8 Å². The summed E-state index contributed by atoms with van der Waals surface area (Å²) in [7, 11) is 0. The Hall–Kier alpha value is -2.49. The van der Waals surface area contributed by atoms with Crippen LogP contribution in [-0.4, -0.2) is 24.0 Å². The van der Waals surface area contributed by atoms with Gasteiger partial charge < -0.3 is 9.47 Å². The second-order valence-corrected chi connectivity index (χ2v) is 14.4. The molecule has 2 aromatic rings. The molecule has 0 radical (unpaired) electrons. The summed E-state index contributed by atoms with van der Waals surface area (Å²) in [6.07, 6.45) is 17.6. The molecule has 0 bridgehead atoms. The van der Waals surface area contributed by atoms with Crippen LogP contribution in [0.15, 0.2) is 72.1 Å². The Bertz CT molecular complexity index is 1330. The van der Waals surface area contributed by atoms with Gasteiger partial charge in [0.2, 0.25) is 0 Å². The van der Waals surface area contributed by atoms with E-state index in [1.54, 1.807) is 11.1 Å². The highest BCUT2D eigenvalue weighted by Crippen LogP contribution is 2.66. The Balaban J connectivity index is 1.21. The van der Waals surface area contributed by atoms with E-state index in [-0.39, 0.29) is 16.6 Å². The van der Waals surface area contributed by atoms with Gasteiger partial charge in [-0.2, -0.15) is 0 Å². The Kier molecular flexibility index (Phi) is 6.48. The zero-order chi connectivity index (χ0) is 27.5. The Morgan fingerprint density at radius 2 is 1.68 bits per heavy atom. The van der Waals surface area contributed by atoms with Gasteiger partial charge in [0.15, 0.2) is 5.79 Å². The van der Waals surface area contributed by atoms with E-state index in [0.29, 0.717) is 17.8 Å². The molecule has 7 rings (SSSR count). The smallest absolute Gasteiger partial charge is 0.169 e. The molecule has 1 aromatic carbocycles. The summed E-state index contributed by atoms with van der Waals surface area (Å²) in [5, 5.41) is 0. The molecule has 5 atom stereocenters. The van der Waals surface area contributed by atoms with Gasteiger partial charge in [-0.1, -0.05) is 86.6 Å². The van der Waals surface area contributed by atoms with E-state index in [4.69, 9.17) is 9.47 Å². The number of aromatic nitrogens is 1. The number of allylic oxidation sites excluding steroid dienone is 3. The Labute approximate surface area is 240 Å². The van der Waals surface area contributed by atoms with Crippen LogP contribution in [0.2, 0.25) is 0 Å². The van der Waals surface area contributed by atoms with Crippen molar-refractivity contribution in [1.82, 2.24) is 4.98 Å². The first-order valence-electron chi connectivity index (χ1n) is 15.6. The predicted molar refractivity (Wildman–Crippen MR) is 162 cm³/mol. The van der Waals surface area contributed by atoms with E-state index in [1.807, 2.05) is 18.5 Å². The van der Waals surface area contributed by atoms with E-state index in [2.05, 4.69) is 74.8 Å². The third-order valence-corrected chi connectivity index (χ3v) is 11.2. The molecule has 1 saturated heterocycles. The molecule has 1 aromatic heterocycles. The average molecular weight is 536 g/mol. The van der Waals surface area contributed by atoms with Crippen LogP contribution in [0.3, 0.4) is 0 Å². The van der Waals surface area contributed by atoms with E-state index in [0.717, 1.165) is 44.0 Å². The zero-order valence-electron chi connectivity index (χ0n) is 24.6. The van der Waals surface area contributed by atoms with Gasteiger partial charge in [-0.05, 0) is 84.5 Å². The fraction of sp³-hybridized carbons (Fsp3) is 0.541. The second-order valence-electron chi connectivity index (χ2n) is 14.4. The third-order valence-electron chi connectivity index (χ3n) is 11.2. The average Bonchev–Trinajstić information content (AvgIpc) is 3.27. The summed E-state index contributed by atoms with van der Waals surface area (Å²) < 4.78 is 13.0. The van der Waals surface area contributed by atoms with Crippen LogP contribution >= 0.6 is 0 Å². The van der Waals surface area contributed by atoms with Crippen molar-refractivity contribution < 1.29 is 9.47 Å². The summed E-state index contributed by atoms with van der Waals surface area (Å²) in [6.45, 7) is 13.3. The first kappa shape index (κ1) is 26.4. The molecule has 1 spiro atoms. The van der Waals surface area contributed by atoms with Gasteiger partial charge in [-0.15, -0.1) is 0 Å². The van der Waals surface area contributed by atoms with E-state index in [9.17, 15) is 0 Å². The number of ether oxygens (including phenoxy) is 2. The molecule has 40 heavy (non-hydrogen) atoms. The van der Waals surface area contributed by atoms with Gasteiger partial charge >= 0.3 is 0 Å². The second kappa shape index (κ2) is 9.81. The van der Waals surface area contributed by atoms with Gasteiger partial charge in [0, 0.05) is 36.6 Å². The molecule has 1 aliphatic heterocycles. The Morgan fingerprint density at radius 3 is 2.42 bits per heavy atom. The van der Waals surface area contributed by atoms with Crippen molar-refractivity contribution in [2.75, 3.05) is 13.2 Å². The minimum absolute atomic E-state index is 0.116. The molecule has 0 amide bonds. The van der Waals surface area contributed by atoms with Crippen LogP contribution in [0, 0.1) is 28.6 Å². The zero-order valence-corrected chi connectivity index (χ0v) is 24.6. The molecular formula is C37H45NO2. The number of pyridine rings is 1. The number of fused-ring (bicyclic) bond motifs is 4. The van der Waals surface area contributed by atoms with Crippen LogP contribution in [0.5, 0.6) is 0 Å². The minimum Gasteiger partial charge on any atom is -0.349 e. The van der Waals surface area contributed by atoms with E-state index in [1.165, 1.54) is 48.8 Å². The first-order chi connectivity index (χ1) is 19.3. The molecule has 5 aliphatic rings. The maximum atomic E-state index is 6.52. The number of rotatable bonds is 3. The minimum atomic E-state index is -0.361. The molecule has 3 heteroatoms. The number of nitrogens with zero attached hydrogens (tertiary/aromatic N) is 1. The number of hydrogen-bond donors (Lipinski definition) is 0. The highest BCUT2D eigenvalue weighted by atomic mass is 16.7. The molecule has 0 N–H and O–H groups in total. The van der Waals surface area contributed by atoms with E-state index >= 15 is 0 Å². The van der Waals surface area contributed by atoms with Gasteiger partial charge in [-0.3, -0.25) is 4.98 Å². The standard InChI is InChI=1S/C37H45NO2/c1-25-7-16-33-31-15-14-29-20-37(39-23-35(2,3)24-40-37)18-17-30(29)34(31)32(21-36(25,33)4)28-12-10-26(11-13-28)8-9-27-6-5-19-38-22-27/h5-6,8-13,19,22,29,31-33H,1,7,14-18,20-21,23-24H2,2-4H3/b9-8+. The summed E-state index contributed by atoms with van der Waals surface area (Å²) in [5.41, 5.74) is 9.29. The molecule has 2 heterocycles. The summed E-state index contributed by atoms with van der Waals surface area (Å²) >= 11 is 0. The lowest BCUT2D eigenvalue weighted by Crippen LogP contribution is -2.51. The molecule has 3 saturated carbocycles. The maximum Gasteiger partial charge on any atom is 0.169 e. The predicted octanol–water partition coefficient (Wildman–Crippen LogP) is 8.99. The molecule has 4 aliphatic carbocycles. The fourth-order valence-electron chi connectivity index (χ4n) is 8.93. The van der Waals surface area contributed by atoms with Crippen LogP contribution in [0.25, 0.3) is 12.2 Å². The van der Waals surface area contributed by atoms with Crippen LogP contribution in [-0.2, 0) is 9.47 Å². The SMILES string of the molecule is C=C1CCC2C3CCC4CC5(CCC4=C3C(c3ccc(/C=C/c4cccnc4)cc3)CC12C)OCC(C)(C)CO5. The summed E-state index contributed by atoms with van der Waals surface area (Å²) in [6, 6.07) is 13.5. The van der Waals surface area contributed by atoms with Crippen molar-refractivity contribution in [3.05, 3.63) is 88.8 Å². The summed E-state index contributed by atoms with van der Waals surface area (Å²) in [4.78, 5) is 4.24. The lowest BCUT2D eigenvalue weighted by molar-refractivity contribution is -0.312.